The fourth-order valence-electron chi connectivity index (χ4n) is 2.04. The Morgan fingerprint density at radius 3 is 2.65 bits per heavy atom. The number of halogens is 1. The van der Waals surface area contributed by atoms with Crippen molar-refractivity contribution in [2.75, 3.05) is 11.9 Å². The average Bonchev–Trinajstić information content (AvgIpc) is 2.45. The molecular formula is C15H16ClN3O. The number of aryl methyl sites for hydroxylation is 1. The quantitative estimate of drug-likeness (QED) is 0.393. The second kappa shape index (κ2) is 5.84. The van der Waals surface area contributed by atoms with E-state index in [0.29, 0.717) is 10.6 Å². The molecule has 2 rings (SSSR count). The average molecular weight is 290 g/mol. The first-order valence-electron chi connectivity index (χ1n) is 6.11. The molecule has 0 atom stereocenters. The highest BCUT2D eigenvalue weighted by Gasteiger charge is 2.13. The van der Waals surface area contributed by atoms with Crippen molar-refractivity contribution in [2.24, 2.45) is 10.9 Å². The zero-order valence-electron chi connectivity index (χ0n) is 11.3. The lowest BCUT2D eigenvalue weighted by Crippen LogP contribution is -2.19. The minimum absolute atomic E-state index is 0.0296. The van der Waals surface area contributed by atoms with Gasteiger partial charge >= 0.3 is 0 Å². The van der Waals surface area contributed by atoms with E-state index in [2.05, 4.69) is 11.2 Å². The van der Waals surface area contributed by atoms with Gasteiger partial charge in [0.2, 0.25) is 0 Å². The first kappa shape index (κ1) is 14.2. The summed E-state index contributed by atoms with van der Waals surface area (Å²) in [5.41, 5.74) is 9.30. The van der Waals surface area contributed by atoms with Crippen molar-refractivity contribution >= 4 is 28.8 Å². The maximum atomic E-state index is 8.90. The molecule has 4 nitrogen and oxygen atoms in total. The molecule has 3 N–H and O–H groups in total. The van der Waals surface area contributed by atoms with Gasteiger partial charge in [0.15, 0.2) is 5.84 Å². The van der Waals surface area contributed by atoms with Crippen LogP contribution in [-0.4, -0.2) is 18.1 Å². The van der Waals surface area contributed by atoms with E-state index in [0.717, 1.165) is 16.9 Å². The van der Waals surface area contributed by atoms with Crippen molar-refractivity contribution in [3.8, 4) is 0 Å². The Hall–Kier alpha value is -2.20. The lowest BCUT2D eigenvalue weighted by atomic mass is 10.1. The molecular weight excluding hydrogens is 274 g/mol. The van der Waals surface area contributed by atoms with Gasteiger partial charge < -0.3 is 15.8 Å². The molecule has 0 bridgehead atoms. The standard InChI is InChI=1S/C15H16ClN3O/c1-10-4-3-5-12(8-10)19(2)14-7-6-11(16)9-13(14)15(17)18-20/h3-9,20H,1-2H3,(H2,17,18). The van der Waals surface area contributed by atoms with Crippen molar-refractivity contribution in [3.05, 3.63) is 58.6 Å². The Morgan fingerprint density at radius 2 is 2.00 bits per heavy atom. The molecule has 5 heteroatoms. The number of amidine groups is 1. The number of nitrogens with two attached hydrogens (primary N) is 1. The maximum Gasteiger partial charge on any atom is 0.172 e. The van der Waals surface area contributed by atoms with E-state index >= 15 is 0 Å². The van der Waals surface area contributed by atoms with Crippen LogP contribution < -0.4 is 10.6 Å². The molecule has 104 valence electrons. The minimum Gasteiger partial charge on any atom is -0.409 e. The lowest BCUT2D eigenvalue weighted by Gasteiger charge is -2.22. The van der Waals surface area contributed by atoms with Gasteiger partial charge in [-0.05, 0) is 42.8 Å². The third kappa shape index (κ3) is 2.86. The monoisotopic (exact) mass is 289 g/mol. The Balaban J connectivity index is 2.52. The maximum absolute atomic E-state index is 8.90. The van der Waals surface area contributed by atoms with Gasteiger partial charge in [-0.3, -0.25) is 0 Å². The molecule has 0 aliphatic carbocycles. The summed E-state index contributed by atoms with van der Waals surface area (Å²) < 4.78 is 0. The summed E-state index contributed by atoms with van der Waals surface area (Å²) in [6.07, 6.45) is 0. The fourth-order valence-corrected chi connectivity index (χ4v) is 2.21. The third-order valence-corrected chi connectivity index (χ3v) is 3.33. The van der Waals surface area contributed by atoms with Crippen LogP contribution in [0, 0.1) is 6.92 Å². The van der Waals surface area contributed by atoms with Crippen LogP contribution in [0.3, 0.4) is 0 Å². The smallest absolute Gasteiger partial charge is 0.172 e. The van der Waals surface area contributed by atoms with E-state index in [1.807, 2.05) is 43.1 Å². The first-order chi connectivity index (χ1) is 9.52. The topological polar surface area (TPSA) is 61.8 Å². The van der Waals surface area contributed by atoms with E-state index in [-0.39, 0.29) is 5.84 Å². The van der Waals surface area contributed by atoms with Crippen molar-refractivity contribution in [3.63, 3.8) is 0 Å². The number of hydrogen-bond donors (Lipinski definition) is 2. The van der Waals surface area contributed by atoms with Crippen LogP contribution in [-0.2, 0) is 0 Å². The summed E-state index contributed by atoms with van der Waals surface area (Å²) in [5, 5.41) is 12.5. The van der Waals surface area contributed by atoms with E-state index in [4.69, 9.17) is 22.5 Å². The van der Waals surface area contributed by atoms with Gasteiger partial charge in [0.05, 0.1) is 5.69 Å². The predicted molar refractivity (Wildman–Crippen MR) is 83.2 cm³/mol. The van der Waals surface area contributed by atoms with Gasteiger partial charge in [-0.1, -0.05) is 28.9 Å². The molecule has 0 radical (unpaired) electrons. The van der Waals surface area contributed by atoms with Crippen LogP contribution in [0.25, 0.3) is 0 Å². The number of benzene rings is 2. The summed E-state index contributed by atoms with van der Waals surface area (Å²) in [4.78, 5) is 1.97. The fraction of sp³-hybridized carbons (Fsp3) is 0.133. The first-order valence-corrected chi connectivity index (χ1v) is 6.48. The molecule has 0 aliphatic heterocycles. The highest BCUT2D eigenvalue weighted by molar-refractivity contribution is 6.31. The van der Waals surface area contributed by atoms with Crippen molar-refractivity contribution < 1.29 is 5.21 Å². The van der Waals surface area contributed by atoms with E-state index in [1.54, 1.807) is 12.1 Å². The summed E-state index contributed by atoms with van der Waals surface area (Å²) in [5.74, 6) is 0.0296. The molecule has 2 aromatic rings. The Morgan fingerprint density at radius 1 is 1.25 bits per heavy atom. The minimum atomic E-state index is 0.0296. The summed E-state index contributed by atoms with van der Waals surface area (Å²) in [6, 6.07) is 13.4. The highest BCUT2D eigenvalue weighted by atomic mass is 35.5. The van der Waals surface area contributed by atoms with Gasteiger partial charge in [-0.15, -0.1) is 0 Å². The SMILES string of the molecule is Cc1cccc(N(C)c2ccc(Cl)cc2C(N)=NO)c1. The molecule has 0 saturated carbocycles. The van der Waals surface area contributed by atoms with Crippen LogP contribution in [0.5, 0.6) is 0 Å². The molecule has 0 amide bonds. The van der Waals surface area contributed by atoms with Crippen molar-refractivity contribution in [1.82, 2.24) is 0 Å². The highest BCUT2D eigenvalue weighted by Crippen LogP contribution is 2.29. The van der Waals surface area contributed by atoms with Crippen LogP contribution in [0.1, 0.15) is 11.1 Å². The molecule has 2 aromatic carbocycles. The van der Waals surface area contributed by atoms with Crippen molar-refractivity contribution in [1.29, 1.82) is 0 Å². The zero-order valence-corrected chi connectivity index (χ0v) is 12.1. The van der Waals surface area contributed by atoms with Crippen LogP contribution in [0.2, 0.25) is 5.02 Å². The molecule has 0 heterocycles. The van der Waals surface area contributed by atoms with Gasteiger partial charge in [-0.2, -0.15) is 0 Å². The third-order valence-electron chi connectivity index (χ3n) is 3.09. The summed E-state index contributed by atoms with van der Waals surface area (Å²) in [6.45, 7) is 2.03. The van der Waals surface area contributed by atoms with Crippen LogP contribution in [0.15, 0.2) is 47.6 Å². The van der Waals surface area contributed by atoms with E-state index in [9.17, 15) is 0 Å². The van der Waals surface area contributed by atoms with E-state index in [1.165, 1.54) is 0 Å². The summed E-state index contributed by atoms with van der Waals surface area (Å²) in [7, 11) is 1.92. The summed E-state index contributed by atoms with van der Waals surface area (Å²) >= 11 is 5.98. The lowest BCUT2D eigenvalue weighted by molar-refractivity contribution is 0.318. The molecule has 0 aromatic heterocycles. The largest absolute Gasteiger partial charge is 0.409 e. The van der Waals surface area contributed by atoms with Gasteiger partial charge in [0.1, 0.15) is 0 Å². The van der Waals surface area contributed by atoms with Gasteiger partial charge in [-0.25, -0.2) is 0 Å². The molecule has 0 aliphatic rings. The van der Waals surface area contributed by atoms with E-state index < -0.39 is 0 Å². The Kier molecular flexibility index (Phi) is 4.15. The number of anilines is 2. The van der Waals surface area contributed by atoms with Gasteiger partial charge in [0, 0.05) is 23.3 Å². The number of oxime groups is 1. The molecule has 20 heavy (non-hydrogen) atoms. The normalized spacial score (nSPS) is 11.4. The second-order valence-corrected chi connectivity index (χ2v) is 4.98. The Labute approximate surface area is 123 Å². The number of hydrogen-bond acceptors (Lipinski definition) is 3. The number of nitrogens with zero attached hydrogens (tertiary/aromatic N) is 2. The van der Waals surface area contributed by atoms with Crippen LogP contribution in [0.4, 0.5) is 11.4 Å². The zero-order chi connectivity index (χ0) is 14.7. The van der Waals surface area contributed by atoms with Crippen molar-refractivity contribution in [2.45, 2.75) is 6.92 Å². The molecule has 0 fully saturated rings. The van der Waals surface area contributed by atoms with Crippen LogP contribution >= 0.6 is 11.6 Å². The molecule has 0 spiro atoms. The molecule has 0 saturated heterocycles. The predicted octanol–water partition coefficient (Wildman–Crippen LogP) is 3.51. The second-order valence-electron chi connectivity index (χ2n) is 4.54. The van der Waals surface area contributed by atoms with Gasteiger partial charge in [0.25, 0.3) is 0 Å². The Bertz CT molecular complexity index is 655. The molecule has 0 unspecified atom stereocenters. The number of rotatable bonds is 3.